The highest BCUT2D eigenvalue weighted by Crippen LogP contribution is 2.30. The van der Waals surface area contributed by atoms with E-state index in [1.54, 1.807) is 12.1 Å². The number of allylic oxidation sites excluding steroid dienone is 1. The lowest BCUT2D eigenvalue weighted by Gasteiger charge is -2.16. The second-order valence-electron chi connectivity index (χ2n) is 6.53. The maximum atomic E-state index is 10.9. The average molecular weight is 461 g/mol. The quantitative estimate of drug-likeness (QED) is 0.297. The summed E-state index contributed by atoms with van der Waals surface area (Å²) >= 11 is 0. The van der Waals surface area contributed by atoms with E-state index in [0.717, 1.165) is 22.6 Å². The smallest absolute Gasteiger partial charge is 0.270 e. The van der Waals surface area contributed by atoms with E-state index in [2.05, 4.69) is 26.0 Å². The highest BCUT2D eigenvalue weighted by atomic mass is 127. The molecule has 1 heterocycles. The van der Waals surface area contributed by atoms with Gasteiger partial charge in [-0.3, -0.25) is 10.1 Å². The molecule has 26 heavy (non-hydrogen) atoms. The van der Waals surface area contributed by atoms with Crippen LogP contribution in [-0.2, 0) is 0 Å². The van der Waals surface area contributed by atoms with Crippen molar-refractivity contribution in [3.05, 3.63) is 81.9 Å². The predicted octanol–water partition coefficient (Wildman–Crippen LogP) is 1.14. The molecule has 0 unspecified atom stereocenters. The third-order valence-electron chi connectivity index (χ3n) is 4.39. The van der Waals surface area contributed by atoms with Gasteiger partial charge in [-0.25, -0.2) is 0 Å². The number of rotatable bonds is 4. The molecule has 5 nitrogen and oxygen atoms in total. The molecule has 1 aliphatic rings. The predicted molar refractivity (Wildman–Crippen MR) is 100 cm³/mol. The first-order chi connectivity index (χ1) is 11.9. The number of benzene rings is 2. The van der Waals surface area contributed by atoms with Crippen molar-refractivity contribution in [1.82, 2.24) is 0 Å². The van der Waals surface area contributed by atoms with Gasteiger partial charge in [0.15, 0.2) is 7.05 Å². The van der Waals surface area contributed by atoms with E-state index >= 15 is 0 Å². The SMILES string of the molecule is C[N+]1=C(/C=C/c2cccc([N+](=O)[O-])c2)C(C)(C)C(c2ccccc2)=N1.[I-]. The summed E-state index contributed by atoms with van der Waals surface area (Å²) in [6, 6.07) is 16.7. The van der Waals surface area contributed by atoms with E-state index in [4.69, 9.17) is 5.10 Å². The van der Waals surface area contributed by atoms with Gasteiger partial charge in [-0.2, -0.15) is 0 Å². The minimum atomic E-state index is -0.382. The van der Waals surface area contributed by atoms with Crippen molar-refractivity contribution in [1.29, 1.82) is 0 Å². The molecule has 0 aromatic heterocycles. The Morgan fingerprint density at radius 3 is 2.42 bits per heavy atom. The Balaban J connectivity index is 0.00000243. The summed E-state index contributed by atoms with van der Waals surface area (Å²) in [5, 5.41) is 15.6. The van der Waals surface area contributed by atoms with Crippen LogP contribution in [0.2, 0.25) is 0 Å². The zero-order valence-corrected chi connectivity index (χ0v) is 17.0. The van der Waals surface area contributed by atoms with Crippen LogP contribution in [0.3, 0.4) is 0 Å². The summed E-state index contributed by atoms with van der Waals surface area (Å²) in [6.07, 6.45) is 3.88. The molecule has 0 spiro atoms. The molecule has 0 saturated carbocycles. The number of nitro groups is 1. The second kappa shape index (κ2) is 7.90. The molecule has 0 N–H and O–H groups in total. The summed E-state index contributed by atoms with van der Waals surface area (Å²) in [4.78, 5) is 10.5. The topological polar surface area (TPSA) is 58.5 Å². The van der Waals surface area contributed by atoms with E-state index in [0.29, 0.717) is 0 Å². The van der Waals surface area contributed by atoms with Crippen molar-refractivity contribution < 1.29 is 33.6 Å². The fourth-order valence-corrected chi connectivity index (χ4v) is 3.10. The normalized spacial score (nSPS) is 15.7. The zero-order chi connectivity index (χ0) is 18.0. The molecule has 0 atom stereocenters. The maximum absolute atomic E-state index is 10.9. The fraction of sp³-hybridized carbons (Fsp3) is 0.200. The fourth-order valence-electron chi connectivity index (χ4n) is 3.10. The molecular formula is C20H20IN3O2. The molecule has 0 bridgehead atoms. The molecule has 0 radical (unpaired) electrons. The van der Waals surface area contributed by atoms with E-state index < -0.39 is 0 Å². The molecule has 1 aliphatic heterocycles. The van der Waals surface area contributed by atoms with Crippen LogP contribution in [0.4, 0.5) is 5.69 Å². The van der Waals surface area contributed by atoms with Gasteiger partial charge in [-0.1, -0.05) is 47.1 Å². The maximum Gasteiger partial charge on any atom is 0.270 e. The van der Waals surface area contributed by atoms with E-state index in [9.17, 15) is 10.1 Å². The molecule has 0 saturated heterocycles. The number of hydrazone groups is 1. The minimum Gasteiger partial charge on any atom is -1.00 e. The molecule has 0 fully saturated rings. The van der Waals surface area contributed by atoms with Crippen LogP contribution in [0.5, 0.6) is 0 Å². The third-order valence-corrected chi connectivity index (χ3v) is 4.39. The Hall–Kier alpha value is -2.35. The van der Waals surface area contributed by atoms with E-state index in [-0.39, 0.29) is 40.0 Å². The van der Waals surface area contributed by atoms with Gasteiger partial charge in [0.05, 0.1) is 4.92 Å². The number of nitro benzene ring substituents is 1. The molecular weight excluding hydrogens is 441 g/mol. The van der Waals surface area contributed by atoms with Gasteiger partial charge in [-0.15, -0.1) is 0 Å². The van der Waals surface area contributed by atoms with Crippen LogP contribution in [0.25, 0.3) is 6.08 Å². The van der Waals surface area contributed by atoms with Crippen LogP contribution in [-0.4, -0.2) is 28.1 Å². The summed E-state index contributed by atoms with van der Waals surface area (Å²) in [7, 11) is 1.92. The molecule has 0 aliphatic carbocycles. The summed E-state index contributed by atoms with van der Waals surface area (Å²) < 4.78 is 1.87. The standard InChI is InChI=1S/C20H20N3O2.HI/c1-20(2)18(13-12-15-8-7-11-17(14-15)23(24)25)22(3)21-19(20)16-9-5-4-6-10-16;/h4-14H,1-3H3;1H/q+1;/p-1/b13-12+;. The number of hydrogen-bond donors (Lipinski definition) is 0. The first-order valence-electron chi connectivity index (χ1n) is 8.08. The Bertz CT molecular complexity index is 916. The molecule has 0 amide bonds. The molecule has 2 aromatic rings. The monoisotopic (exact) mass is 461 g/mol. The summed E-state index contributed by atoms with van der Waals surface area (Å²) in [5.74, 6) is 0. The average Bonchev–Trinajstić information content (AvgIpc) is 2.83. The summed E-state index contributed by atoms with van der Waals surface area (Å²) in [6.45, 7) is 4.27. The van der Waals surface area contributed by atoms with Crippen molar-refractivity contribution in [3.8, 4) is 0 Å². The highest BCUT2D eigenvalue weighted by Gasteiger charge is 2.43. The molecule has 3 rings (SSSR count). The molecule has 2 aromatic carbocycles. The van der Waals surface area contributed by atoms with Crippen LogP contribution in [0.1, 0.15) is 25.0 Å². The minimum absolute atomic E-state index is 0. The Labute approximate surface area is 169 Å². The van der Waals surface area contributed by atoms with Crippen molar-refractivity contribution in [3.63, 3.8) is 0 Å². The Morgan fingerprint density at radius 1 is 1.08 bits per heavy atom. The third kappa shape index (κ3) is 3.90. The van der Waals surface area contributed by atoms with Crippen LogP contribution in [0.15, 0.2) is 65.8 Å². The van der Waals surface area contributed by atoms with Gasteiger partial charge >= 0.3 is 0 Å². The van der Waals surface area contributed by atoms with Gasteiger partial charge < -0.3 is 24.0 Å². The Kier molecular flexibility index (Phi) is 6.07. The largest absolute Gasteiger partial charge is 1.00 e. The van der Waals surface area contributed by atoms with Crippen molar-refractivity contribution in [2.45, 2.75) is 13.8 Å². The lowest BCUT2D eigenvalue weighted by molar-refractivity contribution is -0.499. The van der Waals surface area contributed by atoms with Gasteiger partial charge in [0.25, 0.3) is 5.69 Å². The lowest BCUT2D eigenvalue weighted by atomic mass is 9.79. The second-order valence-corrected chi connectivity index (χ2v) is 6.53. The van der Waals surface area contributed by atoms with E-state index in [1.807, 2.05) is 48.1 Å². The highest BCUT2D eigenvalue weighted by molar-refractivity contribution is 6.21. The first kappa shape index (κ1) is 20.0. The number of nitrogens with zero attached hydrogens (tertiary/aromatic N) is 3. The van der Waals surface area contributed by atoms with Crippen LogP contribution in [0, 0.1) is 15.5 Å². The van der Waals surface area contributed by atoms with E-state index in [1.165, 1.54) is 6.07 Å². The number of non-ortho nitro benzene ring substituents is 1. The van der Waals surface area contributed by atoms with Crippen molar-refractivity contribution in [2.75, 3.05) is 7.05 Å². The Morgan fingerprint density at radius 2 is 1.77 bits per heavy atom. The van der Waals surface area contributed by atoms with Crippen LogP contribution >= 0.6 is 0 Å². The van der Waals surface area contributed by atoms with Gasteiger partial charge in [0, 0.05) is 23.8 Å². The molecule has 134 valence electrons. The van der Waals surface area contributed by atoms with Gasteiger partial charge in [-0.05, 0) is 30.6 Å². The zero-order valence-electron chi connectivity index (χ0n) is 14.9. The molecule has 6 heteroatoms. The number of halogens is 1. The lowest BCUT2D eigenvalue weighted by Crippen LogP contribution is -3.00. The summed E-state index contributed by atoms with van der Waals surface area (Å²) in [5.41, 5.74) is 3.77. The van der Waals surface area contributed by atoms with Crippen LogP contribution < -0.4 is 24.0 Å². The first-order valence-corrected chi connectivity index (χ1v) is 8.08. The van der Waals surface area contributed by atoms with Gasteiger partial charge in [0.2, 0.25) is 5.71 Å². The number of hydrogen-bond acceptors (Lipinski definition) is 3. The van der Waals surface area contributed by atoms with Crippen molar-refractivity contribution in [2.24, 2.45) is 10.5 Å². The van der Waals surface area contributed by atoms with Gasteiger partial charge in [0.1, 0.15) is 11.1 Å². The van der Waals surface area contributed by atoms with Crippen molar-refractivity contribution >= 4 is 23.2 Å².